The van der Waals surface area contributed by atoms with Gasteiger partial charge in [-0.1, -0.05) is 0 Å². The summed E-state index contributed by atoms with van der Waals surface area (Å²) in [4.78, 5) is 10.3. The van der Waals surface area contributed by atoms with Crippen molar-refractivity contribution in [3.8, 4) is 0 Å². The van der Waals surface area contributed by atoms with Gasteiger partial charge in [0.05, 0.1) is 0 Å². The largest absolute Gasteiger partial charge is 0.481 e. The second-order valence-electron chi connectivity index (χ2n) is 4.17. The molecule has 0 rings (SSSR count). The van der Waals surface area contributed by atoms with Gasteiger partial charge in [0, 0.05) is 6.42 Å². The lowest BCUT2D eigenvalue weighted by Gasteiger charge is -2.25. The molecule has 0 aliphatic rings. The fourth-order valence-electron chi connectivity index (χ4n) is 1.36. The van der Waals surface area contributed by atoms with Gasteiger partial charge in [-0.15, -0.1) is 0 Å². The second kappa shape index (κ2) is 5.56. The number of hydrogen-bond acceptors (Lipinski definition) is 2. The number of carboxylic acid groups (broad SMARTS) is 1. The summed E-state index contributed by atoms with van der Waals surface area (Å²) in [5, 5.41) is 8.48. The molecule has 5 heteroatoms. The van der Waals surface area contributed by atoms with Gasteiger partial charge >= 0.3 is 5.97 Å². The quantitative estimate of drug-likeness (QED) is 0.697. The van der Waals surface area contributed by atoms with Gasteiger partial charge in [-0.2, -0.15) is 0 Å². The van der Waals surface area contributed by atoms with Crippen LogP contribution in [0.25, 0.3) is 0 Å². The van der Waals surface area contributed by atoms with Gasteiger partial charge in [0.15, 0.2) is 17.4 Å². The van der Waals surface area contributed by atoms with Gasteiger partial charge < -0.3 is 9.22 Å². The standard InChI is InChI=1S/C8H20O3Si2/c1-12(2)11-13(3,4)7-5-6-8(9)10/h12H,5-7H2,1-4H3,(H,9,10). The molecule has 0 radical (unpaired) electrons. The Morgan fingerprint density at radius 2 is 2.00 bits per heavy atom. The van der Waals surface area contributed by atoms with Crippen LogP contribution in [0.5, 0.6) is 0 Å². The van der Waals surface area contributed by atoms with E-state index in [-0.39, 0.29) is 6.42 Å². The molecule has 0 saturated carbocycles. The normalized spacial score (nSPS) is 12.1. The molecule has 0 bridgehead atoms. The first-order chi connectivity index (χ1) is 5.83. The minimum absolute atomic E-state index is 0.277. The van der Waals surface area contributed by atoms with Gasteiger partial charge in [-0.25, -0.2) is 0 Å². The predicted molar refractivity (Wildman–Crippen MR) is 59.1 cm³/mol. The van der Waals surface area contributed by atoms with E-state index >= 15 is 0 Å². The van der Waals surface area contributed by atoms with E-state index in [0.717, 1.165) is 12.5 Å². The summed E-state index contributed by atoms with van der Waals surface area (Å²) in [7, 11) is -2.48. The van der Waals surface area contributed by atoms with E-state index in [2.05, 4.69) is 26.2 Å². The van der Waals surface area contributed by atoms with Crippen molar-refractivity contribution in [1.82, 2.24) is 0 Å². The number of carboxylic acids is 1. The maximum atomic E-state index is 10.3. The first kappa shape index (κ1) is 12.9. The summed E-state index contributed by atoms with van der Waals surface area (Å²) >= 11 is 0. The monoisotopic (exact) mass is 220 g/mol. The smallest absolute Gasteiger partial charge is 0.303 e. The molecule has 1 N–H and O–H groups in total. The molecule has 0 saturated heterocycles. The van der Waals surface area contributed by atoms with Crippen LogP contribution in [0.15, 0.2) is 0 Å². The van der Waals surface area contributed by atoms with Crippen molar-refractivity contribution in [1.29, 1.82) is 0 Å². The van der Waals surface area contributed by atoms with Crippen LogP contribution in [-0.4, -0.2) is 28.4 Å². The summed E-state index contributed by atoms with van der Waals surface area (Å²) < 4.78 is 5.90. The molecule has 0 aliphatic heterocycles. The maximum absolute atomic E-state index is 10.3. The first-order valence-corrected chi connectivity index (χ1v) is 10.6. The Morgan fingerprint density at radius 1 is 1.46 bits per heavy atom. The van der Waals surface area contributed by atoms with Gasteiger partial charge in [0.25, 0.3) is 0 Å². The van der Waals surface area contributed by atoms with Crippen LogP contribution in [0.1, 0.15) is 12.8 Å². The molecular weight excluding hydrogens is 200 g/mol. The fraction of sp³-hybridized carbons (Fsp3) is 0.875. The Kier molecular flexibility index (Phi) is 5.51. The zero-order valence-corrected chi connectivity index (χ0v) is 11.1. The summed E-state index contributed by atoms with van der Waals surface area (Å²) in [6.45, 7) is 8.65. The average molecular weight is 220 g/mol. The minimum atomic E-state index is -1.53. The van der Waals surface area contributed by atoms with Gasteiger partial charge in [-0.3, -0.25) is 4.79 Å². The van der Waals surface area contributed by atoms with Crippen LogP contribution in [0.3, 0.4) is 0 Å². The molecular formula is C8H20O3Si2. The van der Waals surface area contributed by atoms with Crippen LogP contribution in [0.4, 0.5) is 0 Å². The highest BCUT2D eigenvalue weighted by atomic mass is 28.4. The number of rotatable bonds is 6. The summed E-state index contributed by atoms with van der Waals surface area (Å²) in [6.07, 6.45) is 1.04. The lowest BCUT2D eigenvalue weighted by molar-refractivity contribution is -0.137. The molecule has 0 heterocycles. The fourth-order valence-corrected chi connectivity index (χ4v) is 7.97. The Labute approximate surface area is 83.0 Å². The highest BCUT2D eigenvalue weighted by molar-refractivity contribution is 6.77. The Hall–Kier alpha value is -0.136. The zero-order valence-electron chi connectivity index (χ0n) is 8.96. The van der Waals surface area contributed by atoms with Crippen molar-refractivity contribution < 1.29 is 14.0 Å². The van der Waals surface area contributed by atoms with Crippen molar-refractivity contribution in [3.63, 3.8) is 0 Å². The van der Waals surface area contributed by atoms with E-state index in [0.29, 0.717) is 0 Å². The van der Waals surface area contributed by atoms with Crippen molar-refractivity contribution in [2.24, 2.45) is 0 Å². The van der Waals surface area contributed by atoms with Crippen LogP contribution in [-0.2, 0) is 8.91 Å². The van der Waals surface area contributed by atoms with Crippen molar-refractivity contribution in [3.05, 3.63) is 0 Å². The Bertz CT molecular complexity index is 169. The average Bonchev–Trinajstić information content (AvgIpc) is 1.81. The van der Waals surface area contributed by atoms with Crippen LogP contribution < -0.4 is 0 Å². The molecule has 0 amide bonds. The highest BCUT2D eigenvalue weighted by Gasteiger charge is 2.23. The molecule has 78 valence electrons. The Morgan fingerprint density at radius 3 is 2.38 bits per heavy atom. The predicted octanol–water partition coefficient (Wildman–Crippen LogP) is 2.06. The molecule has 0 aromatic heterocycles. The van der Waals surface area contributed by atoms with Gasteiger partial charge in [0.1, 0.15) is 0 Å². The topological polar surface area (TPSA) is 46.5 Å². The molecule has 0 aromatic rings. The lowest BCUT2D eigenvalue weighted by Crippen LogP contribution is -2.35. The van der Waals surface area contributed by atoms with Crippen LogP contribution in [0, 0.1) is 0 Å². The third-order valence-electron chi connectivity index (χ3n) is 1.72. The first-order valence-electron chi connectivity index (χ1n) is 4.73. The van der Waals surface area contributed by atoms with E-state index < -0.39 is 23.3 Å². The van der Waals surface area contributed by atoms with E-state index in [4.69, 9.17) is 9.22 Å². The maximum Gasteiger partial charge on any atom is 0.303 e. The number of hydrogen-bond donors (Lipinski definition) is 1. The summed E-state index contributed by atoms with van der Waals surface area (Å²) in [6, 6.07) is 0.963. The molecule has 0 spiro atoms. The molecule has 3 nitrogen and oxygen atoms in total. The van der Waals surface area contributed by atoms with E-state index in [1.807, 2.05) is 0 Å². The van der Waals surface area contributed by atoms with Crippen LogP contribution >= 0.6 is 0 Å². The van der Waals surface area contributed by atoms with Crippen molar-refractivity contribution in [2.45, 2.75) is 45.1 Å². The number of aliphatic carboxylic acids is 1. The highest BCUT2D eigenvalue weighted by Crippen LogP contribution is 2.16. The summed E-state index contributed by atoms with van der Waals surface area (Å²) in [5.74, 6) is -0.702. The van der Waals surface area contributed by atoms with E-state index in [1.54, 1.807) is 0 Å². The third kappa shape index (κ3) is 8.20. The van der Waals surface area contributed by atoms with Gasteiger partial charge in [0.2, 0.25) is 0 Å². The molecule has 0 unspecified atom stereocenters. The van der Waals surface area contributed by atoms with Crippen LogP contribution in [0.2, 0.25) is 32.2 Å². The molecule has 13 heavy (non-hydrogen) atoms. The SMILES string of the molecule is C[SiH](C)O[Si](C)(C)CCCC(=O)O. The second-order valence-corrected chi connectivity index (χ2v) is 11.2. The zero-order chi connectivity index (χ0) is 10.5. The van der Waals surface area contributed by atoms with Crippen molar-refractivity contribution >= 4 is 23.3 Å². The summed E-state index contributed by atoms with van der Waals surface area (Å²) in [5.41, 5.74) is 0. The lowest BCUT2D eigenvalue weighted by atomic mass is 10.3. The van der Waals surface area contributed by atoms with Gasteiger partial charge in [-0.05, 0) is 38.7 Å². The third-order valence-corrected chi connectivity index (χ3v) is 7.72. The number of carbonyl (C=O) groups is 1. The molecule has 0 aromatic carbocycles. The minimum Gasteiger partial charge on any atom is -0.481 e. The molecule has 0 fully saturated rings. The van der Waals surface area contributed by atoms with Crippen molar-refractivity contribution in [2.75, 3.05) is 0 Å². The van der Waals surface area contributed by atoms with E-state index in [1.165, 1.54) is 0 Å². The van der Waals surface area contributed by atoms with E-state index in [9.17, 15) is 4.79 Å². The molecule has 0 atom stereocenters. The molecule has 0 aliphatic carbocycles. The Balaban J connectivity index is 3.68.